The molecule has 194 valence electrons. The second-order valence-corrected chi connectivity index (χ2v) is 9.59. The number of aliphatic hydroxyl groups excluding tert-OH is 1. The lowest BCUT2D eigenvalue weighted by Crippen LogP contribution is -2.62. The number of pyridine rings is 1. The highest BCUT2D eigenvalue weighted by atomic mass is 19.1. The highest BCUT2D eigenvalue weighted by Gasteiger charge is 2.38. The van der Waals surface area contributed by atoms with Gasteiger partial charge in [0, 0.05) is 49.1 Å². The van der Waals surface area contributed by atoms with Crippen molar-refractivity contribution in [1.82, 2.24) is 9.88 Å². The Hall–Kier alpha value is -3.51. The van der Waals surface area contributed by atoms with Gasteiger partial charge in [0.25, 0.3) is 5.91 Å². The van der Waals surface area contributed by atoms with Crippen molar-refractivity contribution in [2.75, 3.05) is 18.0 Å². The van der Waals surface area contributed by atoms with E-state index in [-0.39, 0.29) is 11.4 Å². The monoisotopic (exact) mass is 504 g/mol. The number of hydrogen-bond donors (Lipinski definition) is 5. The number of aromatic nitrogens is 1. The molecule has 2 aliphatic heterocycles. The molecule has 4 rings (SSSR count). The quantitative estimate of drug-likeness (QED) is 0.344. The molecule has 0 aliphatic carbocycles. The van der Waals surface area contributed by atoms with Crippen molar-refractivity contribution in [1.29, 1.82) is 0 Å². The number of amides is 1. The van der Waals surface area contributed by atoms with Gasteiger partial charge in [0.1, 0.15) is 11.4 Å². The van der Waals surface area contributed by atoms with Crippen LogP contribution in [0.25, 0.3) is 10.9 Å². The van der Waals surface area contributed by atoms with E-state index in [2.05, 4.69) is 5.32 Å². The molecular weight excluding hydrogens is 475 g/mol. The molecule has 1 unspecified atom stereocenters. The molecule has 0 spiro atoms. The summed E-state index contributed by atoms with van der Waals surface area (Å²) in [6.45, 7) is 2.84. The van der Waals surface area contributed by atoms with Crippen molar-refractivity contribution < 1.29 is 34.1 Å². The first-order valence-electron chi connectivity index (χ1n) is 11.8. The minimum absolute atomic E-state index is 0.00836. The summed E-state index contributed by atoms with van der Waals surface area (Å²) in [6, 6.07) is 0.965. The molecule has 2 aliphatic rings. The van der Waals surface area contributed by atoms with E-state index >= 15 is 4.39 Å². The zero-order valence-electron chi connectivity index (χ0n) is 19.8. The molecule has 1 saturated heterocycles. The van der Waals surface area contributed by atoms with Gasteiger partial charge in [0.2, 0.25) is 5.43 Å². The molecule has 1 aromatic heterocycles. The number of carboxylic acid groups (broad SMARTS) is 2. The standard InChI is InChI=1S/C24H29FN4O7/c1-12-2-3-14-19-15(10-17(25)20(14)28-8-5-13(30)6-9-28)21(33)16(11-29(12)19)22(34)27-24(26,23(35)36)7-4-18(31)32/h10-13,30H,2-9,26H2,1H3,(H,27,34)(H,31,32)(H,35,36)/t12-,24?/m0/s1. The first-order valence-corrected chi connectivity index (χ1v) is 11.8. The first-order chi connectivity index (χ1) is 16.9. The summed E-state index contributed by atoms with van der Waals surface area (Å²) in [7, 11) is 0. The summed E-state index contributed by atoms with van der Waals surface area (Å²) in [6.07, 6.45) is 1.83. The van der Waals surface area contributed by atoms with Crippen molar-refractivity contribution in [2.45, 2.75) is 63.3 Å². The zero-order valence-corrected chi connectivity index (χ0v) is 19.8. The molecule has 0 radical (unpaired) electrons. The number of carbonyl (C=O) groups is 3. The second-order valence-electron chi connectivity index (χ2n) is 9.59. The number of nitrogens with one attached hydrogen (secondary N) is 1. The predicted octanol–water partition coefficient (Wildman–Crippen LogP) is 0.943. The number of aliphatic hydroxyl groups is 1. The number of carbonyl (C=O) groups excluding carboxylic acids is 1. The Bertz CT molecular complexity index is 1300. The van der Waals surface area contributed by atoms with Crippen molar-refractivity contribution in [3.8, 4) is 0 Å². The lowest BCUT2D eigenvalue weighted by atomic mass is 9.92. The van der Waals surface area contributed by atoms with E-state index in [9.17, 15) is 29.4 Å². The summed E-state index contributed by atoms with van der Waals surface area (Å²) in [5.41, 5.74) is 3.73. The Morgan fingerprint density at radius 1 is 1.22 bits per heavy atom. The second kappa shape index (κ2) is 9.51. The van der Waals surface area contributed by atoms with E-state index in [1.165, 1.54) is 6.20 Å². The molecule has 1 amide bonds. The molecular formula is C24H29FN4O7. The Labute approximate surface area is 205 Å². The normalized spacial score (nSPS) is 19.7. The third-order valence-electron chi connectivity index (χ3n) is 7.10. The molecule has 3 heterocycles. The van der Waals surface area contributed by atoms with Crippen LogP contribution in [0.15, 0.2) is 17.1 Å². The van der Waals surface area contributed by atoms with Crippen LogP contribution in [-0.4, -0.2) is 62.6 Å². The number of aryl methyl sites for hydroxylation is 1. The molecule has 2 aromatic rings. The van der Waals surface area contributed by atoms with Crippen LogP contribution in [0.5, 0.6) is 0 Å². The number of halogens is 1. The van der Waals surface area contributed by atoms with E-state index in [0.717, 1.165) is 6.07 Å². The fourth-order valence-corrected chi connectivity index (χ4v) is 5.02. The highest BCUT2D eigenvalue weighted by molar-refractivity contribution is 6.01. The van der Waals surface area contributed by atoms with E-state index < -0.39 is 59.3 Å². The van der Waals surface area contributed by atoms with Gasteiger partial charge >= 0.3 is 11.9 Å². The summed E-state index contributed by atoms with van der Waals surface area (Å²) >= 11 is 0. The van der Waals surface area contributed by atoms with Gasteiger partial charge in [-0.1, -0.05) is 0 Å². The van der Waals surface area contributed by atoms with E-state index in [1.54, 1.807) is 4.57 Å². The SMILES string of the molecule is C[C@H]1CCc2c(N3CCC(O)CC3)c(F)cc3c(=O)c(C(=O)NC(N)(CCC(=O)O)C(=O)O)cn1c23. The van der Waals surface area contributed by atoms with Gasteiger partial charge in [0.15, 0.2) is 5.66 Å². The van der Waals surface area contributed by atoms with Gasteiger partial charge in [0.05, 0.1) is 17.3 Å². The maximum absolute atomic E-state index is 15.5. The Kier molecular flexibility index (Phi) is 6.76. The molecule has 6 N–H and O–H groups in total. The van der Waals surface area contributed by atoms with Crippen LogP contribution in [0.3, 0.4) is 0 Å². The van der Waals surface area contributed by atoms with Crippen LogP contribution in [0, 0.1) is 5.82 Å². The fourth-order valence-electron chi connectivity index (χ4n) is 5.02. The van der Waals surface area contributed by atoms with Gasteiger partial charge in [-0.15, -0.1) is 0 Å². The number of benzene rings is 1. The van der Waals surface area contributed by atoms with Gasteiger partial charge in [-0.2, -0.15) is 0 Å². The van der Waals surface area contributed by atoms with E-state index in [4.69, 9.17) is 10.8 Å². The highest BCUT2D eigenvalue weighted by Crippen LogP contribution is 2.38. The third-order valence-corrected chi connectivity index (χ3v) is 7.10. The lowest BCUT2D eigenvalue weighted by molar-refractivity contribution is -0.145. The Morgan fingerprint density at radius 2 is 1.89 bits per heavy atom. The predicted molar refractivity (Wildman–Crippen MR) is 128 cm³/mol. The van der Waals surface area contributed by atoms with Gasteiger partial charge in [-0.25, -0.2) is 9.18 Å². The molecule has 36 heavy (non-hydrogen) atoms. The summed E-state index contributed by atoms with van der Waals surface area (Å²) in [5.74, 6) is -4.65. The molecule has 11 nitrogen and oxygen atoms in total. The number of rotatable bonds is 7. The minimum atomic E-state index is -2.41. The zero-order chi connectivity index (χ0) is 26.4. The summed E-state index contributed by atoms with van der Waals surface area (Å²) < 4.78 is 17.2. The van der Waals surface area contributed by atoms with Crippen LogP contribution in [-0.2, 0) is 16.0 Å². The van der Waals surface area contributed by atoms with E-state index in [1.807, 2.05) is 11.8 Å². The minimum Gasteiger partial charge on any atom is -0.481 e. The lowest BCUT2D eigenvalue weighted by Gasteiger charge is -2.36. The Morgan fingerprint density at radius 3 is 2.50 bits per heavy atom. The molecule has 2 atom stereocenters. The summed E-state index contributed by atoms with van der Waals surface area (Å²) in [4.78, 5) is 50.9. The largest absolute Gasteiger partial charge is 0.481 e. The van der Waals surface area contributed by atoms with Crippen LogP contribution in [0.4, 0.5) is 10.1 Å². The van der Waals surface area contributed by atoms with Crippen LogP contribution < -0.4 is 21.4 Å². The molecule has 0 bridgehead atoms. The number of aliphatic carboxylic acids is 2. The van der Waals surface area contributed by atoms with Crippen LogP contribution in [0.1, 0.15) is 61.0 Å². The average molecular weight is 505 g/mol. The maximum atomic E-state index is 15.5. The molecule has 12 heteroatoms. The number of anilines is 1. The Balaban J connectivity index is 1.81. The van der Waals surface area contributed by atoms with Crippen molar-refractivity contribution in [3.05, 3.63) is 39.4 Å². The van der Waals surface area contributed by atoms with Crippen molar-refractivity contribution in [3.63, 3.8) is 0 Å². The topological polar surface area (TPSA) is 175 Å². The van der Waals surface area contributed by atoms with Crippen LogP contribution >= 0.6 is 0 Å². The average Bonchev–Trinajstić information content (AvgIpc) is 2.81. The van der Waals surface area contributed by atoms with Gasteiger partial charge in [-0.3, -0.25) is 20.1 Å². The smallest absolute Gasteiger partial charge is 0.344 e. The number of hydrogen-bond acceptors (Lipinski definition) is 7. The molecule has 1 fully saturated rings. The van der Waals surface area contributed by atoms with Crippen molar-refractivity contribution in [2.24, 2.45) is 5.73 Å². The van der Waals surface area contributed by atoms with E-state index in [0.29, 0.717) is 55.5 Å². The van der Waals surface area contributed by atoms with Crippen molar-refractivity contribution >= 4 is 34.4 Å². The summed E-state index contributed by atoms with van der Waals surface area (Å²) in [5, 5.41) is 30.3. The number of piperidine rings is 1. The third kappa shape index (κ3) is 4.53. The number of nitrogens with two attached hydrogens (primary N) is 1. The molecule has 0 saturated carbocycles. The number of nitrogens with zero attached hydrogens (tertiary/aromatic N) is 2. The fraction of sp³-hybridized carbons (Fsp3) is 0.500. The van der Waals surface area contributed by atoms with Gasteiger partial charge in [-0.05, 0) is 38.7 Å². The van der Waals surface area contributed by atoms with Crippen LogP contribution in [0.2, 0.25) is 0 Å². The first kappa shape index (κ1) is 25.6. The molecule has 1 aromatic carbocycles. The maximum Gasteiger partial charge on any atom is 0.344 e. The van der Waals surface area contributed by atoms with Gasteiger partial charge < -0.3 is 30.1 Å². The number of carboxylic acids is 2.